The fourth-order valence-corrected chi connectivity index (χ4v) is 4.34. The number of hydrogen-bond donors (Lipinski definition) is 1. The number of carbonyl (C=O) groups excluding carboxylic acids is 1. The van der Waals surface area contributed by atoms with Gasteiger partial charge in [0.05, 0.1) is 6.61 Å². The number of benzene rings is 2. The molecule has 0 unspecified atom stereocenters. The molecular weight excluding hydrogens is 475 g/mol. The van der Waals surface area contributed by atoms with Crippen molar-refractivity contribution < 1.29 is 9.53 Å². The van der Waals surface area contributed by atoms with Gasteiger partial charge in [-0.25, -0.2) is 14.5 Å². The molecule has 1 aromatic heterocycles. The maximum Gasteiger partial charge on any atom is 0.317 e. The Morgan fingerprint density at radius 3 is 2.74 bits per heavy atom. The van der Waals surface area contributed by atoms with Gasteiger partial charge in [0, 0.05) is 54.5 Å². The van der Waals surface area contributed by atoms with Crippen molar-refractivity contribution in [2.75, 3.05) is 37.7 Å². The van der Waals surface area contributed by atoms with E-state index in [0.29, 0.717) is 42.1 Å². The molecule has 0 atom stereocenters. The van der Waals surface area contributed by atoms with Gasteiger partial charge in [-0.2, -0.15) is 5.10 Å². The van der Waals surface area contributed by atoms with Crippen LogP contribution in [0.3, 0.4) is 0 Å². The summed E-state index contributed by atoms with van der Waals surface area (Å²) < 4.78 is 7.63. The predicted molar refractivity (Wildman–Crippen MR) is 134 cm³/mol. The molecule has 3 aromatic rings. The maximum absolute atomic E-state index is 12.8. The van der Waals surface area contributed by atoms with Crippen LogP contribution in [0.4, 0.5) is 10.5 Å². The average molecular weight is 503 g/mol. The van der Waals surface area contributed by atoms with Gasteiger partial charge in [0.15, 0.2) is 0 Å². The van der Waals surface area contributed by atoms with E-state index in [2.05, 4.69) is 26.4 Å². The van der Waals surface area contributed by atoms with Crippen LogP contribution in [0.25, 0.3) is 5.69 Å². The molecule has 1 saturated heterocycles. The first-order valence-electron chi connectivity index (χ1n) is 11.3. The summed E-state index contributed by atoms with van der Waals surface area (Å²) in [7, 11) is 0. The van der Waals surface area contributed by atoms with E-state index in [0.717, 1.165) is 42.2 Å². The summed E-state index contributed by atoms with van der Waals surface area (Å²) in [6, 6.07) is 11.2. The lowest BCUT2D eigenvalue weighted by molar-refractivity contribution is 0.201. The third-order valence-corrected chi connectivity index (χ3v) is 6.29. The minimum Gasteiger partial charge on any atom is -0.492 e. The van der Waals surface area contributed by atoms with E-state index in [-0.39, 0.29) is 6.03 Å². The van der Waals surface area contributed by atoms with E-state index in [1.807, 2.05) is 30.9 Å². The highest BCUT2D eigenvalue weighted by atomic mass is 35.5. The third-order valence-electron chi connectivity index (χ3n) is 5.68. The van der Waals surface area contributed by atoms with Gasteiger partial charge in [0.2, 0.25) is 0 Å². The molecule has 0 spiro atoms. The second-order valence-corrected chi connectivity index (χ2v) is 8.89. The number of amides is 2. The first-order valence-corrected chi connectivity index (χ1v) is 12.1. The molecule has 10 heteroatoms. The van der Waals surface area contributed by atoms with Crippen LogP contribution >= 0.6 is 23.2 Å². The number of halogens is 2. The van der Waals surface area contributed by atoms with Crippen molar-refractivity contribution in [3.05, 3.63) is 64.2 Å². The first-order chi connectivity index (χ1) is 16.4. The Balaban J connectivity index is 1.41. The molecule has 1 aliphatic heterocycles. The predicted octanol–water partition coefficient (Wildman–Crippen LogP) is 4.70. The molecule has 4 rings (SSSR count). The van der Waals surface area contributed by atoms with Gasteiger partial charge >= 0.3 is 6.03 Å². The fraction of sp³-hybridized carbons (Fsp3) is 0.375. The standard InChI is InChI=1S/C24H28Cl2N6O2/c1-3-34-23-14-20(6-8-22(23)32-16-28-17(2)29-32)30-9-4-10-31(12-11-30)24(33)27-15-18-13-19(25)5-7-21(18)26/h5-8,13-14,16H,3-4,9-12,15H2,1-2H3,(H,27,33). The van der Waals surface area contributed by atoms with Crippen LogP contribution in [-0.4, -0.2) is 58.5 Å². The number of nitrogens with one attached hydrogen (secondary N) is 1. The number of anilines is 1. The molecule has 180 valence electrons. The number of aryl methyl sites for hydroxylation is 1. The van der Waals surface area contributed by atoms with Crippen molar-refractivity contribution in [2.45, 2.75) is 26.8 Å². The zero-order valence-corrected chi connectivity index (χ0v) is 20.8. The second kappa shape index (κ2) is 11.0. The molecule has 34 heavy (non-hydrogen) atoms. The van der Waals surface area contributed by atoms with Crippen molar-refractivity contribution in [1.82, 2.24) is 25.0 Å². The Labute approximate surface area is 209 Å². The van der Waals surface area contributed by atoms with E-state index < -0.39 is 0 Å². The molecule has 2 amide bonds. The van der Waals surface area contributed by atoms with Crippen molar-refractivity contribution in [3.8, 4) is 11.4 Å². The van der Waals surface area contributed by atoms with Crippen LogP contribution in [-0.2, 0) is 6.54 Å². The number of carbonyl (C=O) groups is 1. The van der Waals surface area contributed by atoms with Crippen molar-refractivity contribution in [3.63, 3.8) is 0 Å². The lowest BCUT2D eigenvalue weighted by Gasteiger charge is -2.25. The fourth-order valence-electron chi connectivity index (χ4n) is 3.96. The molecule has 0 saturated carbocycles. The number of urea groups is 1. The number of rotatable bonds is 6. The van der Waals surface area contributed by atoms with Crippen LogP contribution in [0.1, 0.15) is 24.7 Å². The summed E-state index contributed by atoms with van der Waals surface area (Å²) in [6.07, 6.45) is 2.55. The van der Waals surface area contributed by atoms with Gasteiger partial charge in [-0.1, -0.05) is 23.2 Å². The number of aromatic nitrogens is 3. The van der Waals surface area contributed by atoms with Gasteiger partial charge in [-0.05, 0) is 56.2 Å². The molecular formula is C24H28Cl2N6O2. The first kappa shape index (κ1) is 24.2. The van der Waals surface area contributed by atoms with Gasteiger partial charge < -0.3 is 19.9 Å². The summed E-state index contributed by atoms with van der Waals surface area (Å²) in [5, 5.41) is 8.55. The highest BCUT2D eigenvalue weighted by Gasteiger charge is 2.20. The van der Waals surface area contributed by atoms with E-state index in [4.69, 9.17) is 27.9 Å². The molecule has 0 aliphatic carbocycles. The second-order valence-electron chi connectivity index (χ2n) is 8.04. The van der Waals surface area contributed by atoms with Crippen LogP contribution < -0.4 is 15.0 Å². The number of ether oxygens (including phenoxy) is 1. The molecule has 1 aliphatic rings. The van der Waals surface area contributed by atoms with Gasteiger partial charge in [-0.3, -0.25) is 0 Å². The maximum atomic E-state index is 12.8. The highest BCUT2D eigenvalue weighted by Crippen LogP contribution is 2.29. The monoisotopic (exact) mass is 502 g/mol. The topological polar surface area (TPSA) is 75.5 Å². The number of nitrogens with zero attached hydrogens (tertiary/aromatic N) is 5. The van der Waals surface area contributed by atoms with Crippen molar-refractivity contribution in [1.29, 1.82) is 0 Å². The minimum atomic E-state index is -0.107. The normalized spacial score (nSPS) is 14.1. The van der Waals surface area contributed by atoms with Gasteiger partial charge in [0.1, 0.15) is 23.6 Å². The summed E-state index contributed by atoms with van der Waals surface area (Å²) >= 11 is 12.3. The highest BCUT2D eigenvalue weighted by molar-refractivity contribution is 6.33. The largest absolute Gasteiger partial charge is 0.492 e. The summed E-state index contributed by atoms with van der Waals surface area (Å²) in [4.78, 5) is 21.1. The summed E-state index contributed by atoms with van der Waals surface area (Å²) in [5.41, 5.74) is 2.70. The lowest BCUT2D eigenvalue weighted by Crippen LogP contribution is -2.41. The van der Waals surface area contributed by atoms with E-state index in [1.165, 1.54) is 0 Å². The van der Waals surface area contributed by atoms with Crippen molar-refractivity contribution >= 4 is 34.9 Å². The molecule has 0 radical (unpaired) electrons. The minimum absolute atomic E-state index is 0.107. The summed E-state index contributed by atoms with van der Waals surface area (Å²) in [6.45, 7) is 7.56. The summed E-state index contributed by atoms with van der Waals surface area (Å²) in [5.74, 6) is 1.46. The Morgan fingerprint density at radius 1 is 1.12 bits per heavy atom. The third kappa shape index (κ3) is 5.74. The van der Waals surface area contributed by atoms with Crippen LogP contribution in [0.2, 0.25) is 10.0 Å². The molecule has 2 aromatic carbocycles. The quantitative estimate of drug-likeness (QED) is 0.528. The van der Waals surface area contributed by atoms with E-state index in [9.17, 15) is 4.79 Å². The number of hydrogen-bond acceptors (Lipinski definition) is 5. The van der Waals surface area contributed by atoms with Crippen molar-refractivity contribution in [2.24, 2.45) is 0 Å². The van der Waals surface area contributed by atoms with Crippen LogP contribution in [0.15, 0.2) is 42.7 Å². The van der Waals surface area contributed by atoms with Gasteiger partial charge in [-0.15, -0.1) is 0 Å². The Bertz CT molecular complexity index is 1150. The Morgan fingerprint density at radius 2 is 1.97 bits per heavy atom. The lowest BCUT2D eigenvalue weighted by atomic mass is 10.2. The molecule has 1 fully saturated rings. The van der Waals surface area contributed by atoms with E-state index >= 15 is 0 Å². The van der Waals surface area contributed by atoms with E-state index in [1.54, 1.807) is 29.2 Å². The molecule has 1 N–H and O–H groups in total. The molecule has 0 bridgehead atoms. The van der Waals surface area contributed by atoms with Crippen LogP contribution in [0.5, 0.6) is 5.75 Å². The SMILES string of the molecule is CCOc1cc(N2CCCN(C(=O)NCc3cc(Cl)ccc3Cl)CC2)ccc1-n1cnc(C)n1. The average Bonchev–Trinajstić information content (AvgIpc) is 3.10. The smallest absolute Gasteiger partial charge is 0.317 e. The molecule has 2 heterocycles. The zero-order chi connectivity index (χ0) is 24.1. The molecule has 8 nitrogen and oxygen atoms in total. The Hall–Kier alpha value is -2.97. The van der Waals surface area contributed by atoms with Crippen LogP contribution in [0, 0.1) is 6.92 Å². The van der Waals surface area contributed by atoms with Gasteiger partial charge in [0.25, 0.3) is 0 Å². The zero-order valence-electron chi connectivity index (χ0n) is 19.3. The Kier molecular flexibility index (Phi) is 7.80.